The molecule has 0 saturated carbocycles. The van der Waals surface area contributed by atoms with Crippen molar-refractivity contribution in [1.29, 1.82) is 0 Å². The van der Waals surface area contributed by atoms with E-state index in [9.17, 15) is 20.0 Å². The first-order chi connectivity index (χ1) is 12.5. The van der Waals surface area contributed by atoms with E-state index < -0.39 is 11.1 Å². The summed E-state index contributed by atoms with van der Waals surface area (Å²) in [5, 5.41) is 18.5. The van der Waals surface area contributed by atoms with Gasteiger partial charge in [0.2, 0.25) is 0 Å². The third-order valence-electron chi connectivity index (χ3n) is 3.97. The van der Waals surface area contributed by atoms with Crippen LogP contribution in [-0.4, -0.2) is 72.0 Å². The first-order valence-corrected chi connectivity index (χ1v) is 8.39. The molecule has 0 bridgehead atoms. The molecule has 1 aromatic rings. The minimum atomic E-state index is -0.775. The van der Waals surface area contributed by atoms with Gasteiger partial charge in [-0.1, -0.05) is 12.1 Å². The number of ether oxygens (including phenoxy) is 1. The first kappa shape index (κ1) is 19.7. The van der Waals surface area contributed by atoms with Crippen LogP contribution in [-0.2, 0) is 14.4 Å². The van der Waals surface area contributed by atoms with Crippen molar-refractivity contribution < 1.29 is 24.6 Å². The van der Waals surface area contributed by atoms with Gasteiger partial charge >= 0.3 is 5.97 Å². The Hall–Kier alpha value is -2.65. The maximum absolute atomic E-state index is 11.8. The smallest absolute Gasteiger partial charge is 0.332 e. The molecule has 1 aromatic carbocycles. The molecular weight excluding hydrogens is 342 g/mol. The summed E-state index contributed by atoms with van der Waals surface area (Å²) >= 11 is 0. The first-order valence-electron chi connectivity index (χ1n) is 8.39. The van der Waals surface area contributed by atoms with E-state index in [0.717, 1.165) is 38.3 Å². The van der Waals surface area contributed by atoms with Gasteiger partial charge in [-0.05, 0) is 30.2 Å². The molecule has 1 heterocycles. The molecule has 0 aromatic heterocycles. The molecular formula is C17H23N3O6. The molecule has 0 unspecified atom stereocenters. The van der Waals surface area contributed by atoms with Crippen LogP contribution in [0.15, 0.2) is 30.3 Å². The summed E-state index contributed by atoms with van der Waals surface area (Å²) in [5.41, 5.74) is 0.800. The largest absolute Gasteiger partial charge is 0.508 e. The third kappa shape index (κ3) is 7.49. The van der Waals surface area contributed by atoms with E-state index >= 15 is 0 Å². The van der Waals surface area contributed by atoms with Gasteiger partial charge in [0, 0.05) is 38.8 Å². The zero-order valence-corrected chi connectivity index (χ0v) is 14.5. The van der Waals surface area contributed by atoms with E-state index in [1.807, 2.05) is 4.90 Å². The number of carbonyl (C=O) groups is 1. The Balaban J connectivity index is 1.59. The third-order valence-corrected chi connectivity index (χ3v) is 3.97. The summed E-state index contributed by atoms with van der Waals surface area (Å²) in [6.45, 7) is 4.26. The van der Waals surface area contributed by atoms with Gasteiger partial charge < -0.3 is 19.6 Å². The standard InChI is InChI=1S/C17H23N3O6/c21-16-5-2-15(3-6-16)4-7-17(22)25-14-19-11-9-18(10-12-19)8-1-13-26-20(23)24/h2-7,21H,1,8-14H2/b7-4+. The lowest BCUT2D eigenvalue weighted by molar-refractivity contribution is -0.757. The normalized spacial score (nSPS) is 15.8. The van der Waals surface area contributed by atoms with Crippen molar-refractivity contribution in [2.75, 3.05) is 46.1 Å². The van der Waals surface area contributed by atoms with Crippen molar-refractivity contribution in [3.8, 4) is 5.75 Å². The highest BCUT2D eigenvalue weighted by Gasteiger charge is 2.17. The highest BCUT2D eigenvalue weighted by Crippen LogP contribution is 2.11. The Labute approximate surface area is 151 Å². The van der Waals surface area contributed by atoms with Crippen LogP contribution in [0.2, 0.25) is 0 Å². The number of benzene rings is 1. The van der Waals surface area contributed by atoms with Crippen molar-refractivity contribution in [2.45, 2.75) is 6.42 Å². The van der Waals surface area contributed by atoms with E-state index in [1.54, 1.807) is 30.3 Å². The van der Waals surface area contributed by atoms with E-state index in [1.165, 1.54) is 6.08 Å². The number of piperazine rings is 1. The average Bonchev–Trinajstić information content (AvgIpc) is 2.64. The van der Waals surface area contributed by atoms with E-state index in [-0.39, 0.29) is 19.1 Å². The number of hydrogen-bond donors (Lipinski definition) is 1. The van der Waals surface area contributed by atoms with Gasteiger partial charge in [0.15, 0.2) is 0 Å². The molecule has 0 spiro atoms. The Morgan fingerprint density at radius 1 is 1.19 bits per heavy atom. The van der Waals surface area contributed by atoms with Crippen LogP contribution in [0.5, 0.6) is 5.75 Å². The summed E-state index contributed by atoms with van der Waals surface area (Å²) < 4.78 is 5.22. The van der Waals surface area contributed by atoms with Crippen LogP contribution in [0, 0.1) is 10.1 Å². The molecule has 0 atom stereocenters. The zero-order chi connectivity index (χ0) is 18.8. The fourth-order valence-electron chi connectivity index (χ4n) is 2.52. The lowest BCUT2D eigenvalue weighted by Gasteiger charge is -2.33. The molecule has 9 heteroatoms. The summed E-state index contributed by atoms with van der Waals surface area (Å²) in [6.07, 6.45) is 3.60. The van der Waals surface area contributed by atoms with Crippen molar-refractivity contribution in [1.82, 2.24) is 9.80 Å². The van der Waals surface area contributed by atoms with Crippen molar-refractivity contribution in [3.63, 3.8) is 0 Å². The van der Waals surface area contributed by atoms with Crippen LogP contribution in [0.1, 0.15) is 12.0 Å². The molecule has 0 amide bonds. The summed E-state index contributed by atoms with van der Waals surface area (Å²) in [6, 6.07) is 6.51. The molecule has 26 heavy (non-hydrogen) atoms. The maximum Gasteiger partial charge on any atom is 0.332 e. The number of hydrogen-bond acceptors (Lipinski definition) is 8. The second kappa shape index (κ2) is 10.4. The molecule has 0 aliphatic carbocycles. The van der Waals surface area contributed by atoms with Crippen molar-refractivity contribution in [2.24, 2.45) is 0 Å². The van der Waals surface area contributed by atoms with E-state index in [0.29, 0.717) is 6.42 Å². The van der Waals surface area contributed by atoms with E-state index in [2.05, 4.69) is 9.74 Å². The van der Waals surface area contributed by atoms with Gasteiger partial charge in [0.1, 0.15) is 12.5 Å². The topological polar surface area (TPSA) is 105 Å². The number of nitrogens with zero attached hydrogens (tertiary/aromatic N) is 3. The van der Waals surface area contributed by atoms with Gasteiger partial charge in [-0.2, -0.15) is 0 Å². The monoisotopic (exact) mass is 365 g/mol. The second-order valence-electron chi connectivity index (χ2n) is 5.89. The molecule has 1 N–H and O–H groups in total. The lowest BCUT2D eigenvalue weighted by atomic mass is 10.2. The Bertz CT molecular complexity index is 611. The lowest BCUT2D eigenvalue weighted by Crippen LogP contribution is -2.47. The van der Waals surface area contributed by atoms with Crippen LogP contribution in [0.25, 0.3) is 6.08 Å². The van der Waals surface area contributed by atoms with Gasteiger partial charge in [-0.15, -0.1) is 10.1 Å². The molecule has 1 fully saturated rings. The molecule has 142 valence electrons. The molecule has 0 radical (unpaired) electrons. The van der Waals surface area contributed by atoms with Crippen molar-refractivity contribution >= 4 is 12.0 Å². The number of carbonyl (C=O) groups excluding carboxylic acids is 1. The molecule has 9 nitrogen and oxygen atoms in total. The van der Waals surface area contributed by atoms with Crippen LogP contribution in [0.4, 0.5) is 0 Å². The number of aromatic hydroxyl groups is 1. The summed E-state index contributed by atoms with van der Waals surface area (Å²) in [4.78, 5) is 30.4. The minimum absolute atomic E-state index is 0.109. The Morgan fingerprint density at radius 2 is 1.85 bits per heavy atom. The quantitative estimate of drug-likeness (QED) is 0.228. The fourth-order valence-corrected chi connectivity index (χ4v) is 2.52. The number of esters is 1. The number of phenolic OH excluding ortho intramolecular Hbond substituents is 1. The van der Waals surface area contributed by atoms with Crippen LogP contribution < -0.4 is 0 Å². The predicted molar refractivity (Wildman–Crippen MR) is 93.7 cm³/mol. The minimum Gasteiger partial charge on any atom is -0.508 e. The maximum atomic E-state index is 11.8. The SMILES string of the molecule is O=C(/C=C/c1ccc(O)cc1)OCN1CCN(CCCO[N+](=O)[O-])CC1. The van der Waals surface area contributed by atoms with Crippen LogP contribution >= 0.6 is 0 Å². The van der Waals surface area contributed by atoms with Gasteiger partial charge in [-0.25, -0.2) is 4.79 Å². The van der Waals surface area contributed by atoms with Crippen LogP contribution in [0.3, 0.4) is 0 Å². The molecule has 2 rings (SSSR count). The summed E-state index contributed by atoms with van der Waals surface area (Å²) in [5.74, 6) is -0.244. The van der Waals surface area contributed by atoms with E-state index in [4.69, 9.17) is 4.74 Å². The molecule has 1 aliphatic rings. The second-order valence-corrected chi connectivity index (χ2v) is 5.89. The van der Waals surface area contributed by atoms with Gasteiger partial charge in [0.05, 0.1) is 6.61 Å². The molecule has 1 saturated heterocycles. The number of rotatable bonds is 9. The zero-order valence-electron chi connectivity index (χ0n) is 14.5. The van der Waals surface area contributed by atoms with Gasteiger partial charge in [0.25, 0.3) is 5.09 Å². The Morgan fingerprint density at radius 3 is 2.50 bits per heavy atom. The molecule has 1 aliphatic heterocycles. The highest BCUT2D eigenvalue weighted by molar-refractivity contribution is 5.87. The Kier molecular flexibility index (Phi) is 7.84. The average molecular weight is 365 g/mol. The highest BCUT2D eigenvalue weighted by atomic mass is 16.9. The fraction of sp³-hybridized carbons (Fsp3) is 0.471. The summed E-state index contributed by atoms with van der Waals surface area (Å²) in [7, 11) is 0. The predicted octanol–water partition coefficient (Wildman–Crippen LogP) is 1.12. The van der Waals surface area contributed by atoms with Gasteiger partial charge in [-0.3, -0.25) is 4.90 Å². The number of phenols is 1. The van der Waals surface area contributed by atoms with Crippen molar-refractivity contribution in [3.05, 3.63) is 46.0 Å².